The van der Waals surface area contributed by atoms with Gasteiger partial charge in [0.2, 0.25) is 0 Å². The highest BCUT2D eigenvalue weighted by Crippen LogP contribution is 2.20. The Balaban J connectivity index is 2.46. The average Bonchev–Trinajstić information content (AvgIpc) is 2.88. The van der Waals surface area contributed by atoms with Gasteiger partial charge in [0.05, 0.1) is 16.8 Å². The average molecular weight is 349 g/mol. The summed E-state index contributed by atoms with van der Waals surface area (Å²) >= 11 is 1.59. The fourth-order valence-corrected chi connectivity index (χ4v) is 4.10. The van der Waals surface area contributed by atoms with Gasteiger partial charge in [-0.25, -0.2) is 0 Å². The van der Waals surface area contributed by atoms with E-state index in [1.165, 1.54) is 10.3 Å². The van der Waals surface area contributed by atoms with Gasteiger partial charge in [-0.3, -0.25) is 4.79 Å². The van der Waals surface area contributed by atoms with Gasteiger partial charge in [-0.15, -0.1) is 0 Å². The molecule has 0 aliphatic carbocycles. The molecule has 0 spiro atoms. The Morgan fingerprint density at radius 3 is 2.62 bits per heavy atom. The van der Waals surface area contributed by atoms with Gasteiger partial charge >= 0.3 is 0 Å². The zero-order chi connectivity index (χ0) is 17.5. The van der Waals surface area contributed by atoms with Crippen molar-refractivity contribution in [3.8, 4) is 0 Å². The molecule has 5 heteroatoms. The van der Waals surface area contributed by atoms with Crippen molar-refractivity contribution in [3.63, 3.8) is 0 Å². The van der Waals surface area contributed by atoms with E-state index in [0.29, 0.717) is 13.2 Å². The molecule has 0 fully saturated rings. The summed E-state index contributed by atoms with van der Waals surface area (Å²) in [6.07, 6.45) is 3.86. The normalized spacial score (nSPS) is 12.5. The molecule has 1 amide bonds. The van der Waals surface area contributed by atoms with E-state index in [-0.39, 0.29) is 11.8 Å². The second kappa shape index (κ2) is 9.14. The molecule has 0 radical (unpaired) electrons. The van der Waals surface area contributed by atoms with E-state index in [4.69, 9.17) is 4.74 Å². The Morgan fingerprint density at radius 1 is 1.29 bits per heavy atom. The zero-order valence-electron chi connectivity index (χ0n) is 15.2. The number of thiazole rings is 1. The number of ether oxygens (including phenoxy) is 1. The number of rotatable bonds is 8. The number of hydrogen-bond acceptors (Lipinski definition) is 3. The number of aryl methyl sites for hydroxylation is 1. The van der Waals surface area contributed by atoms with E-state index in [9.17, 15) is 4.79 Å². The lowest BCUT2D eigenvalue weighted by Gasteiger charge is -2.10. The number of methoxy groups -OCH3 is 1. The molecule has 1 aromatic carbocycles. The van der Waals surface area contributed by atoms with Crippen LogP contribution < -0.4 is 4.80 Å². The van der Waals surface area contributed by atoms with Gasteiger partial charge < -0.3 is 9.30 Å². The topological polar surface area (TPSA) is 43.6 Å². The molecule has 1 heterocycles. The minimum Gasteiger partial charge on any atom is -0.383 e. The number of fused-ring (bicyclic) bond motifs is 1. The highest BCUT2D eigenvalue weighted by molar-refractivity contribution is 7.16. The van der Waals surface area contributed by atoms with Crippen molar-refractivity contribution in [2.24, 2.45) is 10.9 Å². The number of carbonyl (C=O) groups is 1. The van der Waals surface area contributed by atoms with Gasteiger partial charge in [-0.1, -0.05) is 44.1 Å². The summed E-state index contributed by atoms with van der Waals surface area (Å²) in [6.45, 7) is 7.64. The van der Waals surface area contributed by atoms with Crippen LogP contribution in [0, 0.1) is 12.8 Å². The van der Waals surface area contributed by atoms with Gasteiger partial charge in [0.25, 0.3) is 5.91 Å². The fraction of sp³-hybridized carbons (Fsp3) is 0.579. The monoisotopic (exact) mass is 348 g/mol. The Bertz CT molecular complexity index is 739. The molecule has 0 aliphatic heterocycles. The highest BCUT2D eigenvalue weighted by atomic mass is 32.1. The minimum atomic E-state index is 0.0214. The second-order valence-corrected chi connectivity index (χ2v) is 7.23. The maximum Gasteiger partial charge on any atom is 0.251 e. The molecule has 0 saturated carbocycles. The van der Waals surface area contributed by atoms with Gasteiger partial charge in [-0.2, -0.15) is 4.99 Å². The standard InChI is InChI=1S/C19H28N2O2S/c1-5-7-15(8-6-2)18(22)20-19-21(11-12-23-4)16-10-9-14(3)13-17(16)24-19/h9-10,13,15H,5-8,11-12H2,1-4H3. The predicted octanol–water partition coefficient (Wildman–Crippen LogP) is 4.30. The second-order valence-electron chi connectivity index (χ2n) is 6.22. The molecule has 24 heavy (non-hydrogen) atoms. The van der Waals surface area contributed by atoms with Crippen LogP contribution in [-0.4, -0.2) is 24.2 Å². The third-order valence-electron chi connectivity index (χ3n) is 4.19. The molecule has 4 nitrogen and oxygen atoms in total. The molecular weight excluding hydrogens is 320 g/mol. The summed E-state index contributed by atoms with van der Waals surface area (Å²) in [6, 6.07) is 6.36. The Morgan fingerprint density at radius 2 is 2.00 bits per heavy atom. The summed E-state index contributed by atoms with van der Waals surface area (Å²) in [5, 5.41) is 0. The molecule has 0 N–H and O–H groups in total. The summed E-state index contributed by atoms with van der Waals surface area (Å²) in [5.41, 5.74) is 2.34. The third-order valence-corrected chi connectivity index (χ3v) is 5.23. The molecule has 0 bridgehead atoms. The van der Waals surface area contributed by atoms with Gasteiger partial charge in [0.1, 0.15) is 0 Å². The first kappa shape index (κ1) is 18.9. The number of nitrogens with zero attached hydrogens (tertiary/aromatic N) is 2. The molecule has 2 aromatic rings. The summed E-state index contributed by atoms with van der Waals surface area (Å²) < 4.78 is 8.50. The number of carbonyl (C=O) groups excluding carboxylic acids is 1. The predicted molar refractivity (Wildman–Crippen MR) is 100 cm³/mol. The number of amides is 1. The van der Waals surface area contributed by atoms with Crippen molar-refractivity contribution < 1.29 is 9.53 Å². The van der Waals surface area contributed by atoms with Crippen molar-refractivity contribution in [3.05, 3.63) is 28.6 Å². The molecular formula is C19H28N2O2S. The number of aromatic nitrogens is 1. The Labute approximate surface area is 148 Å². The van der Waals surface area contributed by atoms with E-state index in [1.54, 1.807) is 18.4 Å². The van der Waals surface area contributed by atoms with E-state index < -0.39 is 0 Å². The summed E-state index contributed by atoms with van der Waals surface area (Å²) in [7, 11) is 1.69. The van der Waals surface area contributed by atoms with Crippen LogP contribution in [0.4, 0.5) is 0 Å². The van der Waals surface area contributed by atoms with E-state index >= 15 is 0 Å². The van der Waals surface area contributed by atoms with E-state index in [1.807, 2.05) is 0 Å². The van der Waals surface area contributed by atoms with Crippen LogP contribution in [0.5, 0.6) is 0 Å². The van der Waals surface area contributed by atoms with Crippen LogP contribution in [0.1, 0.15) is 45.1 Å². The van der Waals surface area contributed by atoms with E-state index in [0.717, 1.165) is 36.0 Å². The third kappa shape index (κ3) is 4.54. The molecule has 0 unspecified atom stereocenters. The summed E-state index contributed by atoms with van der Waals surface area (Å²) in [4.78, 5) is 17.9. The smallest absolute Gasteiger partial charge is 0.251 e. The SMILES string of the molecule is CCCC(CCC)C(=O)N=c1sc2cc(C)ccc2n1CCOC. The fourth-order valence-electron chi connectivity index (χ4n) is 2.94. The van der Waals surface area contributed by atoms with Gasteiger partial charge in [0, 0.05) is 19.6 Å². The van der Waals surface area contributed by atoms with Crippen LogP contribution in [0.15, 0.2) is 23.2 Å². The van der Waals surface area contributed by atoms with Crippen molar-refractivity contribution in [2.75, 3.05) is 13.7 Å². The van der Waals surface area contributed by atoms with Crippen LogP contribution in [0.2, 0.25) is 0 Å². The quantitative estimate of drug-likeness (QED) is 0.714. The van der Waals surface area contributed by atoms with E-state index in [2.05, 4.69) is 48.5 Å². The number of benzene rings is 1. The largest absolute Gasteiger partial charge is 0.383 e. The zero-order valence-corrected chi connectivity index (χ0v) is 16.0. The first-order chi connectivity index (χ1) is 11.6. The first-order valence-electron chi connectivity index (χ1n) is 8.78. The molecule has 0 saturated heterocycles. The maximum atomic E-state index is 12.7. The Kier molecular flexibility index (Phi) is 7.18. The highest BCUT2D eigenvalue weighted by Gasteiger charge is 2.17. The molecule has 0 atom stereocenters. The van der Waals surface area contributed by atoms with Gasteiger partial charge in [0.15, 0.2) is 4.80 Å². The van der Waals surface area contributed by atoms with Crippen LogP contribution in [-0.2, 0) is 16.1 Å². The molecule has 1 aromatic heterocycles. The van der Waals surface area contributed by atoms with Crippen molar-refractivity contribution in [2.45, 2.75) is 53.0 Å². The number of hydrogen-bond donors (Lipinski definition) is 0. The van der Waals surface area contributed by atoms with Crippen molar-refractivity contribution in [1.29, 1.82) is 0 Å². The van der Waals surface area contributed by atoms with Crippen LogP contribution >= 0.6 is 11.3 Å². The lowest BCUT2D eigenvalue weighted by molar-refractivity contribution is -0.122. The molecule has 0 aliphatic rings. The van der Waals surface area contributed by atoms with Crippen LogP contribution in [0.25, 0.3) is 10.2 Å². The van der Waals surface area contributed by atoms with Crippen LogP contribution in [0.3, 0.4) is 0 Å². The van der Waals surface area contributed by atoms with Crippen molar-refractivity contribution in [1.82, 2.24) is 4.57 Å². The Hall–Kier alpha value is -1.46. The molecule has 2 rings (SSSR count). The van der Waals surface area contributed by atoms with Crippen molar-refractivity contribution >= 4 is 27.5 Å². The maximum absolute atomic E-state index is 12.7. The molecule has 132 valence electrons. The van der Waals surface area contributed by atoms with Gasteiger partial charge in [-0.05, 0) is 37.5 Å². The lowest BCUT2D eigenvalue weighted by Crippen LogP contribution is -2.22. The summed E-state index contributed by atoms with van der Waals surface area (Å²) in [5.74, 6) is 0.0657. The first-order valence-corrected chi connectivity index (χ1v) is 9.59. The lowest BCUT2D eigenvalue weighted by atomic mass is 9.98. The minimum absolute atomic E-state index is 0.0214.